The SMILES string of the molecule is COc1cc(NS(=O)(=O)c2ccc(Cl)c(Cl)c2)cc(OC)c1OC. The number of hydrogen-bond donors (Lipinski definition) is 1. The molecule has 0 amide bonds. The standard InChI is InChI=1S/C15H15Cl2NO5S/c1-21-13-6-9(7-14(22-2)15(13)23-3)18-24(19,20)10-4-5-11(16)12(17)8-10/h4-8,18H,1-3H3. The zero-order chi connectivity index (χ0) is 17.9. The zero-order valence-corrected chi connectivity index (χ0v) is 15.4. The van der Waals surface area contributed by atoms with Crippen LogP contribution in [0.5, 0.6) is 17.2 Å². The van der Waals surface area contributed by atoms with Gasteiger partial charge in [0.15, 0.2) is 11.5 Å². The number of methoxy groups -OCH3 is 3. The molecular weight excluding hydrogens is 377 g/mol. The summed E-state index contributed by atoms with van der Waals surface area (Å²) in [5, 5.41) is 0.410. The maximum absolute atomic E-state index is 12.5. The van der Waals surface area contributed by atoms with E-state index in [0.29, 0.717) is 17.2 Å². The number of nitrogens with one attached hydrogen (secondary N) is 1. The molecule has 0 bridgehead atoms. The van der Waals surface area contributed by atoms with Crippen molar-refractivity contribution in [2.75, 3.05) is 26.1 Å². The molecule has 2 rings (SSSR count). The van der Waals surface area contributed by atoms with Crippen molar-refractivity contribution >= 4 is 38.9 Å². The third-order valence-electron chi connectivity index (χ3n) is 3.12. The lowest BCUT2D eigenvalue weighted by molar-refractivity contribution is 0.325. The van der Waals surface area contributed by atoms with E-state index in [1.54, 1.807) is 0 Å². The Bertz CT molecular complexity index is 830. The fraction of sp³-hybridized carbons (Fsp3) is 0.200. The van der Waals surface area contributed by atoms with Crippen molar-refractivity contribution in [2.45, 2.75) is 4.90 Å². The third-order valence-corrected chi connectivity index (χ3v) is 5.24. The molecule has 0 saturated heterocycles. The van der Waals surface area contributed by atoms with Crippen LogP contribution in [0.1, 0.15) is 0 Å². The quantitative estimate of drug-likeness (QED) is 0.809. The number of halogens is 2. The summed E-state index contributed by atoms with van der Waals surface area (Å²) in [6.45, 7) is 0. The smallest absolute Gasteiger partial charge is 0.261 e. The van der Waals surface area contributed by atoms with E-state index < -0.39 is 10.0 Å². The van der Waals surface area contributed by atoms with E-state index in [-0.39, 0.29) is 20.6 Å². The molecule has 6 nitrogen and oxygen atoms in total. The fourth-order valence-electron chi connectivity index (χ4n) is 2.00. The molecule has 0 aliphatic heterocycles. The average Bonchev–Trinajstić information content (AvgIpc) is 2.55. The second kappa shape index (κ2) is 7.38. The van der Waals surface area contributed by atoms with Crippen LogP contribution >= 0.6 is 23.2 Å². The van der Waals surface area contributed by atoms with Crippen LogP contribution in [0.2, 0.25) is 10.0 Å². The van der Waals surface area contributed by atoms with Gasteiger partial charge in [0.05, 0.1) is 42.0 Å². The van der Waals surface area contributed by atoms with Crippen molar-refractivity contribution in [1.29, 1.82) is 0 Å². The van der Waals surface area contributed by atoms with Gasteiger partial charge in [-0.1, -0.05) is 23.2 Å². The zero-order valence-electron chi connectivity index (χ0n) is 13.1. The molecule has 0 aliphatic rings. The normalized spacial score (nSPS) is 11.0. The molecule has 2 aromatic carbocycles. The fourth-order valence-corrected chi connectivity index (χ4v) is 3.43. The summed E-state index contributed by atoms with van der Waals surface area (Å²) in [4.78, 5) is -0.0225. The summed E-state index contributed by atoms with van der Waals surface area (Å²) in [5.74, 6) is 1.00. The van der Waals surface area contributed by atoms with Gasteiger partial charge in [-0.05, 0) is 18.2 Å². The molecule has 0 atom stereocenters. The van der Waals surface area contributed by atoms with Crippen LogP contribution in [0.3, 0.4) is 0 Å². The van der Waals surface area contributed by atoms with Gasteiger partial charge >= 0.3 is 0 Å². The topological polar surface area (TPSA) is 73.9 Å². The summed E-state index contributed by atoms with van der Waals surface area (Å²) >= 11 is 11.7. The van der Waals surface area contributed by atoms with Crippen LogP contribution in [0, 0.1) is 0 Å². The van der Waals surface area contributed by atoms with E-state index in [2.05, 4.69) is 4.72 Å². The van der Waals surface area contributed by atoms with Gasteiger partial charge in [-0.2, -0.15) is 0 Å². The Hall–Kier alpha value is -1.83. The number of ether oxygens (including phenoxy) is 3. The lowest BCUT2D eigenvalue weighted by atomic mass is 10.2. The van der Waals surface area contributed by atoms with Crippen molar-refractivity contribution < 1.29 is 22.6 Å². The third kappa shape index (κ3) is 3.80. The summed E-state index contributed by atoms with van der Waals surface area (Å²) < 4.78 is 43.0. The highest BCUT2D eigenvalue weighted by molar-refractivity contribution is 7.92. The Morgan fingerprint density at radius 1 is 0.875 bits per heavy atom. The highest BCUT2D eigenvalue weighted by atomic mass is 35.5. The Morgan fingerprint density at radius 2 is 1.46 bits per heavy atom. The lowest BCUT2D eigenvalue weighted by Gasteiger charge is -2.15. The van der Waals surface area contributed by atoms with E-state index in [1.807, 2.05) is 0 Å². The Kier molecular flexibility index (Phi) is 5.69. The van der Waals surface area contributed by atoms with Crippen LogP contribution in [0.25, 0.3) is 0 Å². The van der Waals surface area contributed by atoms with Gasteiger partial charge in [-0.15, -0.1) is 0 Å². The van der Waals surface area contributed by atoms with E-state index in [9.17, 15) is 8.42 Å². The minimum atomic E-state index is -3.87. The van der Waals surface area contributed by atoms with Crippen LogP contribution in [-0.4, -0.2) is 29.7 Å². The van der Waals surface area contributed by atoms with Crippen LogP contribution in [-0.2, 0) is 10.0 Å². The molecule has 2 aromatic rings. The highest BCUT2D eigenvalue weighted by Gasteiger charge is 2.19. The Morgan fingerprint density at radius 3 is 1.92 bits per heavy atom. The highest BCUT2D eigenvalue weighted by Crippen LogP contribution is 2.40. The Labute approximate surface area is 150 Å². The molecule has 0 fully saturated rings. The van der Waals surface area contributed by atoms with Crippen molar-refractivity contribution in [3.05, 3.63) is 40.4 Å². The van der Waals surface area contributed by atoms with Gasteiger partial charge in [0, 0.05) is 12.1 Å². The van der Waals surface area contributed by atoms with Crippen molar-refractivity contribution in [3.63, 3.8) is 0 Å². The van der Waals surface area contributed by atoms with Gasteiger partial charge in [0.25, 0.3) is 10.0 Å². The van der Waals surface area contributed by atoms with Gasteiger partial charge in [0.2, 0.25) is 5.75 Å². The number of hydrogen-bond acceptors (Lipinski definition) is 5. The second-order valence-electron chi connectivity index (χ2n) is 4.60. The van der Waals surface area contributed by atoms with E-state index in [1.165, 1.54) is 51.7 Å². The first kappa shape index (κ1) is 18.5. The van der Waals surface area contributed by atoms with Gasteiger partial charge in [-0.25, -0.2) is 8.42 Å². The predicted molar refractivity (Wildman–Crippen MR) is 93.4 cm³/mol. The van der Waals surface area contributed by atoms with Crippen molar-refractivity contribution in [2.24, 2.45) is 0 Å². The van der Waals surface area contributed by atoms with E-state index >= 15 is 0 Å². The lowest BCUT2D eigenvalue weighted by Crippen LogP contribution is -2.13. The number of benzene rings is 2. The number of anilines is 1. The number of sulfonamides is 1. The largest absolute Gasteiger partial charge is 0.493 e. The van der Waals surface area contributed by atoms with Crippen LogP contribution in [0.15, 0.2) is 35.2 Å². The molecule has 0 aromatic heterocycles. The summed E-state index contributed by atoms with van der Waals surface area (Å²) in [7, 11) is 0.469. The molecule has 0 aliphatic carbocycles. The minimum absolute atomic E-state index is 0.0225. The summed E-state index contributed by atoms with van der Waals surface area (Å²) in [6, 6.07) is 7.00. The monoisotopic (exact) mass is 391 g/mol. The molecule has 1 N–H and O–H groups in total. The first-order valence-electron chi connectivity index (χ1n) is 6.60. The average molecular weight is 392 g/mol. The summed E-state index contributed by atoms with van der Waals surface area (Å²) in [5.41, 5.74) is 0.246. The van der Waals surface area contributed by atoms with Crippen molar-refractivity contribution in [3.8, 4) is 17.2 Å². The molecule has 130 valence electrons. The first-order valence-corrected chi connectivity index (χ1v) is 8.84. The van der Waals surface area contributed by atoms with E-state index in [0.717, 1.165) is 0 Å². The maximum atomic E-state index is 12.5. The minimum Gasteiger partial charge on any atom is -0.493 e. The molecule has 0 saturated carbocycles. The second-order valence-corrected chi connectivity index (χ2v) is 7.09. The molecule has 0 radical (unpaired) electrons. The molecule has 0 spiro atoms. The maximum Gasteiger partial charge on any atom is 0.261 e. The predicted octanol–water partition coefficient (Wildman–Crippen LogP) is 3.82. The van der Waals surface area contributed by atoms with Gasteiger partial charge < -0.3 is 14.2 Å². The first-order chi connectivity index (χ1) is 11.3. The van der Waals surface area contributed by atoms with Gasteiger partial charge in [0.1, 0.15) is 0 Å². The van der Waals surface area contributed by atoms with Crippen molar-refractivity contribution in [1.82, 2.24) is 0 Å². The van der Waals surface area contributed by atoms with Crippen LogP contribution < -0.4 is 18.9 Å². The van der Waals surface area contributed by atoms with Gasteiger partial charge in [-0.3, -0.25) is 4.72 Å². The molecule has 9 heteroatoms. The Balaban J connectivity index is 2.44. The molecule has 0 heterocycles. The summed E-state index contributed by atoms with van der Waals surface area (Å²) in [6.07, 6.45) is 0. The molecule has 24 heavy (non-hydrogen) atoms. The van der Waals surface area contributed by atoms with E-state index in [4.69, 9.17) is 37.4 Å². The molecular formula is C15H15Cl2NO5S. The number of rotatable bonds is 6. The molecule has 0 unspecified atom stereocenters. The van der Waals surface area contributed by atoms with Crippen LogP contribution in [0.4, 0.5) is 5.69 Å².